The number of aromatic amines is 1. The number of nitrogens with zero attached hydrogens (tertiary/aromatic N) is 3. The SMILES string of the molecule is Cc1ccc(-n2[nH]c3c(c2=O)CCN(Cc2ccccc2)C3)nc1. The van der Waals surface area contributed by atoms with E-state index in [9.17, 15) is 4.79 Å². The summed E-state index contributed by atoms with van der Waals surface area (Å²) in [7, 11) is 0. The molecule has 1 N–H and O–H groups in total. The average molecular weight is 320 g/mol. The number of hydrogen-bond donors (Lipinski definition) is 1. The molecule has 0 saturated carbocycles. The van der Waals surface area contributed by atoms with E-state index in [1.807, 2.05) is 25.1 Å². The molecule has 1 aliphatic rings. The largest absolute Gasteiger partial charge is 0.293 e. The lowest BCUT2D eigenvalue weighted by Gasteiger charge is -2.25. The molecule has 5 heteroatoms. The van der Waals surface area contributed by atoms with Crippen molar-refractivity contribution in [3.05, 3.63) is 81.4 Å². The monoisotopic (exact) mass is 320 g/mol. The first kappa shape index (κ1) is 14.9. The van der Waals surface area contributed by atoms with Gasteiger partial charge < -0.3 is 0 Å². The summed E-state index contributed by atoms with van der Waals surface area (Å²) in [6, 6.07) is 14.3. The molecule has 2 aromatic heterocycles. The summed E-state index contributed by atoms with van der Waals surface area (Å²) in [5.41, 5.74) is 4.30. The van der Waals surface area contributed by atoms with Crippen LogP contribution in [0, 0.1) is 6.92 Å². The lowest BCUT2D eigenvalue weighted by molar-refractivity contribution is 0.242. The Morgan fingerprint density at radius 1 is 1.17 bits per heavy atom. The second-order valence-electron chi connectivity index (χ2n) is 6.35. The number of fused-ring (bicyclic) bond motifs is 1. The Morgan fingerprint density at radius 3 is 2.75 bits per heavy atom. The molecule has 122 valence electrons. The zero-order valence-corrected chi connectivity index (χ0v) is 13.7. The summed E-state index contributed by atoms with van der Waals surface area (Å²) < 4.78 is 1.57. The van der Waals surface area contributed by atoms with Gasteiger partial charge in [0.1, 0.15) is 0 Å². The number of aryl methyl sites for hydroxylation is 1. The van der Waals surface area contributed by atoms with E-state index in [1.165, 1.54) is 5.56 Å². The van der Waals surface area contributed by atoms with Crippen LogP contribution >= 0.6 is 0 Å². The van der Waals surface area contributed by atoms with Gasteiger partial charge in [0.05, 0.1) is 5.69 Å². The standard InChI is InChI=1S/C19H20N4O/c1-14-7-8-18(20-11-14)23-19(24)16-9-10-22(13-17(16)21-23)12-15-5-3-2-4-6-15/h2-8,11,21H,9-10,12-13H2,1H3. The lowest BCUT2D eigenvalue weighted by Crippen LogP contribution is -2.31. The van der Waals surface area contributed by atoms with Crippen molar-refractivity contribution >= 4 is 0 Å². The van der Waals surface area contributed by atoms with E-state index in [-0.39, 0.29) is 5.56 Å². The Hall–Kier alpha value is -2.66. The lowest BCUT2D eigenvalue weighted by atomic mass is 10.1. The Labute approximate surface area is 140 Å². The van der Waals surface area contributed by atoms with Gasteiger partial charge in [-0.3, -0.25) is 14.8 Å². The summed E-state index contributed by atoms with van der Waals surface area (Å²) in [6.07, 6.45) is 2.56. The van der Waals surface area contributed by atoms with Crippen LogP contribution in [0.4, 0.5) is 0 Å². The van der Waals surface area contributed by atoms with Crippen molar-refractivity contribution in [2.45, 2.75) is 26.4 Å². The summed E-state index contributed by atoms with van der Waals surface area (Å²) in [4.78, 5) is 19.4. The second kappa shape index (κ2) is 6.09. The van der Waals surface area contributed by atoms with Crippen molar-refractivity contribution < 1.29 is 0 Å². The molecule has 3 heterocycles. The van der Waals surface area contributed by atoms with Gasteiger partial charge in [0.25, 0.3) is 5.56 Å². The molecule has 0 aliphatic carbocycles. The van der Waals surface area contributed by atoms with Crippen LogP contribution in [0.1, 0.15) is 22.4 Å². The first-order valence-corrected chi connectivity index (χ1v) is 8.23. The normalized spacial score (nSPS) is 14.5. The van der Waals surface area contributed by atoms with Crippen LogP contribution in [0.25, 0.3) is 5.82 Å². The Morgan fingerprint density at radius 2 is 2.00 bits per heavy atom. The topological polar surface area (TPSA) is 53.9 Å². The predicted octanol–water partition coefficient (Wildman–Crippen LogP) is 2.43. The van der Waals surface area contributed by atoms with Crippen LogP contribution in [0.2, 0.25) is 0 Å². The predicted molar refractivity (Wildman–Crippen MR) is 93.2 cm³/mol. The number of hydrogen-bond acceptors (Lipinski definition) is 3. The third kappa shape index (κ3) is 2.78. The fourth-order valence-corrected chi connectivity index (χ4v) is 3.21. The molecule has 0 atom stereocenters. The van der Waals surface area contributed by atoms with Gasteiger partial charge >= 0.3 is 0 Å². The molecule has 4 rings (SSSR count). The maximum absolute atomic E-state index is 12.6. The van der Waals surface area contributed by atoms with Gasteiger partial charge in [0.15, 0.2) is 5.82 Å². The van der Waals surface area contributed by atoms with E-state index in [1.54, 1.807) is 10.9 Å². The highest BCUT2D eigenvalue weighted by molar-refractivity contribution is 5.29. The molecular formula is C19H20N4O. The summed E-state index contributed by atoms with van der Waals surface area (Å²) in [6.45, 7) is 4.55. The number of aromatic nitrogens is 3. The molecule has 0 amide bonds. The average Bonchev–Trinajstić information content (AvgIpc) is 2.93. The Bertz CT molecular complexity index is 893. The Kier molecular flexibility index (Phi) is 3.78. The van der Waals surface area contributed by atoms with Gasteiger partial charge in [-0.15, -0.1) is 0 Å². The molecule has 0 radical (unpaired) electrons. The zero-order chi connectivity index (χ0) is 16.5. The van der Waals surface area contributed by atoms with Crippen LogP contribution in [-0.2, 0) is 19.5 Å². The fraction of sp³-hybridized carbons (Fsp3) is 0.263. The molecule has 5 nitrogen and oxygen atoms in total. The van der Waals surface area contributed by atoms with Crippen molar-refractivity contribution in [1.29, 1.82) is 0 Å². The van der Waals surface area contributed by atoms with Crippen molar-refractivity contribution in [3.8, 4) is 5.82 Å². The highest BCUT2D eigenvalue weighted by Gasteiger charge is 2.23. The van der Waals surface area contributed by atoms with Crippen molar-refractivity contribution in [1.82, 2.24) is 19.7 Å². The number of H-pyrrole nitrogens is 1. The van der Waals surface area contributed by atoms with E-state index < -0.39 is 0 Å². The molecule has 1 aromatic carbocycles. The van der Waals surface area contributed by atoms with Crippen LogP contribution in [0.15, 0.2) is 53.5 Å². The van der Waals surface area contributed by atoms with Crippen LogP contribution in [0.5, 0.6) is 0 Å². The molecular weight excluding hydrogens is 300 g/mol. The number of pyridine rings is 1. The van der Waals surface area contributed by atoms with Gasteiger partial charge in [-0.2, -0.15) is 0 Å². The Balaban J connectivity index is 1.59. The molecule has 0 saturated heterocycles. The highest BCUT2D eigenvalue weighted by atomic mass is 16.1. The third-order valence-corrected chi connectivity index (χ3v) is 4.51. The van der Waals surface area contributed by atoms with Crippen LogP contribution in [0.3, 0.4) is 0 Å². The quantitative estimate of drug-likeness (QED) is 0.806. The van der Waals surface area contributed by atoms with E-state index in [0.29, 0.717) is 5.82 Å². The molecule has 1 aliphatic heterocycles. The third-order valence-electron chi connectivity index (χ3n) is 4.51. The molecule has 3 aromatic rings. The van der Waals surface area contributed by atoms with Crippen LogP contribution in [-0.4, -0.2) is 26.2 Å². The number of rotatable bonds is 3. The molecule has 0 unspecified atom stereocenters. The second-order valence-corrected chi connectivity index (χ2v) is 6.35. The van der Waals surface area contributed by atoms with E-state index >= 15 is 0 Å². The van der Waals surface area contributed by atoms with E-state index in [2.05, 4.69) is 39.2 Å². The summed E-state index contributed by atoms with van der Waals surface area (Å²) >= 11 is 0. The van der Waals surface area contributed by atoms with Gasteiger partial charge in [0.2, 0.25) is 0 Å². The molecule has 0 fully saturated rings. The minimum absolute atomic E-state index is 0.0284. The van der Waals surface area contributed by atoms with Crippen molar-refractivity contribution in [2.75, 3.05) is 6.54 Å². The summed E-state index contributed by atoms with van der Waals surface area (Å²) in [5.74, 6) is 0.648. The number of benzene rings is 1. The van der Waals surface area contributed by atoms with Gasteiger partial charge in [-0.05, 0) is 30.5 Å². The maximum atomic E-state index is 12.6. The minimum atomic E-state index is 0.0284. The fourth-order valence-electron chi connectivity index (χ4n) is 3.21. The highest BCUT2D eigenvalue weighted by Crippen LogP contribution is 2.17. The molecule has 0 bridgehead atoms. The van der Waals surface area contributed by atoms with E-state index in [4.69, 9.17) is 0 Å². The minimum Gasteiger partial charge on any atom is -0.293 e. The number of nitrogens with one attached hydrogen (secondary N) is 1. The first-order valence-electron chi connectivity index (χ1n) is 8.23. The van der Waals surface area contributed by atoms with Crippen molar-refractivity contribution in [3.63, 3.8) is 0 Å². The first-order chi connectivity index (χ1) is 11.7. The zero-order valence-electron chi connectivity index (χ0n) is 13.7. The van der Waals surface area contributed by atoms with Gasteiger partial charge in [0, 0.05) is 31.4 Å². The molecule has 0 spiro atoms. The van der Waals surface area contributed by atoms with Crippen molar-refractivity contribution in [2.24, 2.45) is 0 Å². The van der Waals surface area contributed by atoms with E-state index in [0.717, 1.165) is 42.9 Å². The van der Waals surface area contributed by atoms with Gasteiger partial charge in [-0.25, -0.2) is 9.67 Å². The van der Waals surface area contributed by atoms with Crippen LogP contribution < -0.4 is 5.56 Å². The maximum Gasteiger partial charge on any atom is 0.276 e. The smallest absolute Gasteiger partial charge is 0.276 e. The summed E-state index contributed by atoms with van der Waals surface area (Å²) in [5, 5.41) is 3.25. The van der Waals surface area contributed by atoms with Gasteiger partial charge in [-0.1, -0.05) is 36.4 Å². The molecule has 24 heavy (non-hydrogen) atoms.